The van der Waals surface area contributed by atoms with Gasteiger partial charge in [0.1, 0.15) is 12.4 Å². The average molecular weight is 457 g/mol. The summed E-state index contributed by atoms with van der Waals surface area (Å²) >= 11 is 6.38. The number of oxime groups is 1. The molecule has 32 heavy (non-hydrogen) atoms. The van der Waals surface area contributed by atoms with Gasteiger partial charge in [0, 0.05) is 11.3 Å². The summed E-state index contributed by atoms with van der Waals surface area (Å²) in [4.78, 5) is 16.9. The third-order valence-corrected chi connectivity index (χ3v) is 4.41. The van der Waals surface area contributed by atoms with E-state index in [0.717, 1.165) is 0 Å². The lowest BCUT2D eigenvalue weighted by molar-refractivity contribution is -0.120. The number of nitrogens with one attached hydrogen (secondary N) is 1. The molecule has 0 bridgehead atoms. The molecule has 1 amide bonds. The van der Waals surface area contributed by atoms with Crippen molar-refractivity contribution in [1.82, 2.24) is 0 Å². The highest BCUT2D eigenvalue weighted by atomic mass is 35.5. The van der Waals surface area contributed by atoms with Crippen LogP contribution < -0.4 is 14.8 Å². The molecule has 0 aromatic heterocycles. The van der Waals surface area contributed by atoms with Crippen molar-refractivity contribution >= 4 is 29.4 Å². The minimum Gasteiger partial charge on any atom is -0.490 e. The lowest BCUT2D eigenvalue weighted by Crippen LogP contribution is -2.16. The van der Waals surface area contributed by atoms with Gasteiger partial charge in [0.05, 0.1) is 17.8 Å². The van der Waals surface area contributed by atoms with Gasteiger partial charge in [-0.1, -0.05) is 47.1 Å². The van der Waals surface area contributed by atoms with E-state index < -0.39 is 0 Å². The van der Waals surface area contributed by atoms with Gasteiger partial charge in [0.2, 0.25) is 0 Å². The molecule has 166 valence electrons. The fraction of sp³-hybridized carbons (Fsp3) is 0.167. The van der Waals surface area contributed by atoms with Crippen molar-refractivity contribution in [2.45, 2.75) is 13.5 Å². The Kier molecular flexibility index (Phi) is 8.45. The van der Waals surface area contributed by atoms with Crippen LogP contribution in [0.3, 0.4) is 0 Å². The van der Waals surface area contributed by atoms with Crippen molar-refractivity contribution in [1.29, 1.82) is 0 Å². The van der Waals surface area contributed by atoms with E-state index in [1.165, 1.54) is 18.3 Å². The lowest BCUT2D eigenvalue weighted by atomic mass is 10.2. The Labute approximate surface area is 190 Å². The molecule has 6 nitrogen and oxygen atoms in total. The molecule has 0 spiro atoms. The Balaban J connectivity index is 1.61. The Morgan fingerprint density at radius 3 is 2.66 bits per heavy atom. The Hall–Kier alpha value is -3.58. The SMILES string of the molecule is CCOc1cc(/C=N/OCC(=O)Nc2ccccc2)cc(Cl)c1OCc1cccc(F)c1. The molecule has 3 aromatic carbocycles. The first-order chi connectivity index (χ1) is 15.5. The zero-order valence-electron chi connectivity index (χ0n) is 17.4. The number of anilines is 1. The normalized spacial score (nSPS) is 10.7. The van der Waals surface area contributed by atoms with Gasteiger partial charge >= 0.3 is 0 Å². The molecule has 0 fully saturated rings. The van der Waals surface area contributed by atoms with E-state index >= 15 is 0 Å². The van der Waals surface area contributed by atoms with Crippen LogP contribution in [0.4, 0.5) is 10.1 Å². The van der Waals surface area contributed by atoms with Crippen molar-refractivity contribution in [3.05, 3.63) is 88.7 Å². The number of amides is 1. The second-order valence-electron chi connectivity index (χ2n) is 6.60. The number of para-hydroxylation sites is 1. The zero-order chi connectivity index (χ0) is 22.8. The summed E-state index contributed by atoms with van der Waals surface area (Å²) < 4.78 is 24.8. The highest BCUT2D eigenvalue weighted by Crippen LogP contribution is 2.37. The van der Waals surface area contributed by atoms with Gasteiger partial charge in [-0.25, -0.2) is 4.39 Å². The molecule has 0 heterocycles. The van der Waals surface area contributed by atoms with Crippen LogP contribution in [-0.2, 0) is 16.2 Å². The van der Waals surface area contributed by atoms with E-state index in [2.05, 4.69) is 10.5 Å². The van der Waals surface area contributed by atoms with E-state index in [1.807, 2.05) is 25.1 Å². The number of benzene rings is 3. The number of halogens is 2. The van der Waals surface area contributed by atoms with E-state index in [0.29, 0.717) is 39.9 Å². The van der Waals surface area contributed by atoms with Gasteiger partial charge in [-0.05, 0) is 48.9 Å². The zero-order valence-corrected chi connectivity index (χ0v) is 18.1. The fourth-order valence-corrected chi connectivity index (χ4v) is 3.03. The first-order valence-electron chi connectivity index (χ1n) is 9.89. The first kappa shape index (κ1) is 23.1. The fourth-order valence-electron chi connectivity index (χ4n) is 2.76. The number of carbonyl (C=O) groups excluding carboxylic acids is 1. The first-order valence-corrected chi connectivity index (χ1v) is 10.3. The van der Waals surface area contributed by atoms with Crippen LogP contribution in [0, 0.1) is 5.82 Å². The topological polar surface area (TPSA) is 69.2 Å². The van der Waals surface area contributed by atoms with Gasteiger partial charge < -0.3 is 19.6 Å². The number of hydrogen-bond donors (Lipinski definition) is 1. The van der Waals surface area contributed by atoms with E-state index in [1.54, 1.807) is 36.4 Å². The molecule has 3 aromatic rings. The molecule has 8 heteroatoms. The van der Waals surface area contributed by atoms with Gasteiger partial charge in [0.25, 0.3) is 5.91 Å². The van der Waals surface area contributed by atoms with E-state index in [4.69, 9.17) is 25.9 Å². The average Bonchev–Trinajstić information content (AvgIpc) is 2.77. The molecule has 0 radical (unpaired) electrons. The van der Waals surface area contributed by atoms with Crippen molar-refractivity contribution in [2.24, 2.45) is 5.16 Å². The third kappa shape index (κ3) is 6.99. The molecule has 0 aliphatic heterocycles. The summed E-state index contributed by atoms with van der Waals surface area (Å²) in [5.74, 6) is 0.0893. The quantitative estimate of drug-likeness (QED) is 0.325. The van der Waals surface area contributed by atoms with Crippen molar-refractivity contribution in [2.75, 3.05) is 18.5 Å². The second kappa shape index (κ2) is 11.7. The molecule has 0 saturated heterocycles. The van der Waals surface area contributed by atoms with Crippen LogP contribution in [0.25, 0.3) is 0 Å². The van der Waals surface area contributed by atoms with Crippen molar-refractivity contribution in [3.8, 4) is 11.5 Å². The van der Waals surface area contributed by atoms with Gasteiger partial charge in [-0.2, -0.15) is 0 Å². The minimum absolute atomic E-state index is 0.130. The van der Waals surface area contributed by atoms with Gasteiger partial charge in [0.15, 0.2) is 18.1 Å². The highest BCUT2D eigenvalue weighted by molar-refractivity contribution is 6.32. The molecule has 1 N–H and O–H groups in total. The van der Waals surface area contributed by atoms with Crippen LogP contribution >= 0.6 is 11.6 Å². The Morgan fingerprint density at radius 1 is 1.09 bits per heavy atom. The van der Waals surface area contributed by atoms with Crippen molar-refractivity contribution in [3.63, 3.8) is 0 Å². The second-order valence-corrected chi connectivity index (χ2v) is 7.01. The van der Waals surface area contributed by atoms with Crippen LogP contribution in [0.5, 0.6) is 11.5 Å². The third-order valence-electron chi connectivity index (χ3n) is 4.13. The summed E-state index contributed by atoms with van der Waals surface area (Å²) in [6, 6.07) is 18.5. The highest BCUT2D eigenvalue weighted by Gasteiger charge is 2.13. The monoisotopic (exact) mass is 456 g/mol. The summed E-state index contributed by atoms with van der Waals surface area (Å²) in [6.45, 7) is 2.11. The number of carbonyl (C=O) groups is 1. The van der Waals surface area contributed by atoms with Crippen LogP contribution in [0.1, 0.15) is 18.1 Å². The largest absolute Gasteiger partial charge is 0.490 e. The molecular formula is C24H22ClFN2O4. The molecule has 0 aliphatic carbocycles. The predicted octanol–water partition coefficient (Wildman–Crippen LogP) is 5.45. The van der Waals surface area contributed by atoms with Gasteiger partial charge in [-0.15, -0.1) is 0 Å². The lowest BCUT2D eigenvalue weighted by Gasteiger charge is -2.14. The molecule has 0 unspecified atom stereocenters. The standard InChI is InChI=1S/C24H22ClFN2O4/c1-2-30-22-13-18(14-27-32-16-23(29)28-20-9-4-3-5-10-20)12-21(25)24(22)31-15-17-7-6-8-19(26)11-17/h3-14H,2,15-16H2,1H3,(H,28,29)/b27-14+. The van der Waals surface area contributed by atoms with Crippen LogP contribution in [0.15, 0.2) is 71.9 Å². The smallest absolute Gasteiger partial charge is 0.265 e. The molecule has 0 aliphatic rings. The van der Waals surface area contributed by atoms with E-state index in [-0.39, 0.29) is 24.9 Å². The van der Waals surface area contributed by atoms with Crippen molar-refractivity contribution < 1.29 is 23.5 Å². The molecule has 3 rings (SSSR count). The van der Waals surface area contributed by atoms with Gasteiger partial charge in [-0.3, -0.25) is 4.79 Å². The Morgan fingerprint density at radius 2 is 1.91 bits per heavy atom. The number of hydrogen-bond acceptors (Lipinski definition) is 5. The summed E-state index contributed by atoms with van der Waals surface area (Å²) in [7, 11) is 0. The molecular weight excluding hydrogens is 435 g/mol. The minimum atomic E-state index is -0.341. The number of nitrogens with zero attached hydrogens (tertiary/aromatic N) is 1. The molecule has 0 saturated carbocycles. The maximum absolute atomic E-state index is 13.4. The Bertz CT molecular complexity index is 1080. The van der Waals surface area contributed by atoms with Crippen LogP contribution in [0.2, 0.25) is 5.02 Å². The molecule has 0 atom stereocenters. The predicted molar refractivity (Wildman–Crippen MR) is 122 cm³/mol. The summed E-state index contributed by atoms with van der Waals surface area (Å²) in [5, 5.41) is 6.81. The maximum Gasteiger partial charge on any atom is 0.265 e. The number of rotatable bonds is 10. The van der Waals surface area contributed by atoms with E-state index in [9.17, 15) is 9.18 Å². The van der Waals surface area contributed by atoms with Crippen LogP contribution in [-0.4, -0.2) is 25.3 Å². The maximum atomic E-state index is 13.4. The summed E-state index contributed by atoms with van der Waals surface area (Å²) in [5.41, 5.74) is 1.93. The number of ether oxygens (including phenoxy) is 2. The summed E-state index contributed by atoms with van der Waals surface area (Å²) in [6.07, 6.45) is 1.42.